The Morgan fingerprint density at radius 3 is 1.78 bits per heavy atom. The average Bonchev–Trinajstić information content (AvgIpc) is 2.89. The molecule has 2 aromatic carbocycles. The van der Waals surface area contributed by atoms with Gasteiger partial charge in [-0.15, -0.1) is 0 Å². The number of nitrogens with zero attached hydrogens (tertiary/aromatic N) is 2. The van der Waals surface area contributed by atoms with Gasteiger partial charge in [-0.3, -0.25) is 4.68 Å². The summed E-state index contributed by atoms with van der Waals surface area (Å²) in [6, 6.07) is 15.8. The summed E-state index contributed by atoms with van der Waals surface area (Å²) >= 11 is 3.70. The van der Waals surface area contributed by atoms with E-state index in [1.165, 1.54) is 0 Å². The molecule has 0 saturated carbocycles. The third-order valence-corrected chi connectivity index (χ3v) is 4.47. The van der Waals surface area contributed by atoms with Gasteiger partial charge in [0.15, 0.2) is 0 Å². The van der Waals surface area contributed by atoms with E-state index in [1.807, 2.05) is 60.3 Å². The van der Waals surface area contributed by atoms with Crippen LogP contribution in [0, 0.1) is 0 Å². The summed E-state index contributed by atoms with van der Waals surface area (Å²) in [4.78, 5) is 0. The van der Waals surface area contributed by atoms with Crippen molar-refractivity contribution < 1.29 is 9.47 Å². The predicted molar refractivity (Wildman–Crippen MR) is 94.9 cm³/mol. The summed E-state index contributed by atoms with van der Waals surface area (Å²) in [5.41, 5.74) is 4.04. The minimum absolute atomic E-state index is 0.830. The molecular weight excluding hydrogens is 356 g/mol. The first kappa shape index (κ1) is 15.6. The van der Waals surface area contributed by atoms with E-state index in [1.54, 1.807) is 14.2 Å². The molecule has 0 saturated heterocycles. The van der Waals surface area contributed by atoms with Crippen LogP contribution in [0.3, 0.4) is 0 Å². The highest BCUT2D eigenvalue weighted by atomic mass is 79.9. The van der Waals surface area contributed by atoms with E-state index in [2.05, 4.69) is 21.0 Å². The van der Waals surface area contributed by atoms with Gasteiger partial charge in [0, 0.05) is 18.2 Å². The Morgan fingerprint density at radius 2 is 1.30 bits per heavy atom. The van der Waals surface area contributed by atoms with Crippen molar-refractivity contribution in [1.29, 1.82) is 0 Å². The molecular formula is C18H17BrN2O2. The summed E-state index contributed by atoms with van der Waals surface area (Å²) in [5.74, 6) is 1.67. The summed E-state index contributed by atoms with van der Waals surface area (Å²) in [5, 5.41) is 4.65. The molecule has 0 aliphatic heterocycles. The molecule has 0 amide bonds. The van der Waals surface area contributed by atoms with Crippen LogP contribution in [0.1, 0.15) is 0 Å². The molecule has 23 heavy (non-hydrogen) atoms. The van der Waals surface area contributed by atoms with Crippen LogP contribution in [-0.4, -0.2) is 24.0 Å². The number of aryl methyl sites for hydroxylation is 1. The molecule has 5 heteroatoms. The molecule has 4 nitrogen and oxygen atoms in total. The summed E-state index contributed by atoms with van der Waals surface area (Å²) in [7, 11) is 5.27. The maximum absolute atomic E-state index is 5.22. The van der Waals surface area contributed by atoms with E-state index in [0.717, 1.165) is 38.5 Å². The number of hydrogen-bond donors (Lipinski definition) is 0. The highest BCUT2D eigenvalue weighted by molar-refractivity contribution is 9.10. The third kappa shape index (κ3) is 2.97. The molecule has 0 spiro atoms. The first-order chi connectivity index (χ1) is 11.1. The zero-order valence-electron chi connectivity index (χ0n) is 13.2. The van der Waals surface area contributed by atoms with Gasteiger partial charge in [-0.05, 0) is 64.5 Å². The molecule has 0 bridgehead atoms. The number of hydrogen-bond acceptors (Lipinski definition) is 3. The largest absolute Gasteiger partial charge is 0.497 e. The standard InChI is InChI=1S/C18H17BrN2O2/c1-21-18(13-6-10-15(23-3)11-7-13)16(19)17(20-21)12-4-8-14(22-2)9-5-12/h4-11H,1-3H3. The Kier molecular flexibility index (Phi) is 4.39. The summed E-state index contributed by atoms with van der Waals surface area (Å²) < 4.78 is 13.3. The molecule has 0 atom stereocenters. The maximum atomic E-state index is 5.22. The normalized spacial score (nSPS) is 10.6. The fraction of sp³-hybridized carbons (Fsp3) is 0.167. The number of methoxy groups -OCH3 is 2. The smallest absolute Gasteiger partial charge is 0.118 e. The van der Waals surface area contributed by atoms with Gasteiger partial charge in [0.25, 0.3) is 0 Å². The van der Waals surface area contributed by atoms with Crippen LogP contribution in [0.15, 0.2) is 53.0 Å². The van der Waals surface area contributed by atoms with Gasteiger partial charge in [-0.1, -0.05) is 0 Å². The molecule has 118 valence electrons. The van der Waals surface area contributed by atoms with Gasteiger partial charge in [0.05, 0.1) is 24.4 Å². The van der Waals surface area contributed by atoms with Crippen molar-refractivity contribution in [3.63, 3.8) is 0 Å². The molecule has 0 fully saturated rings. The van der Waals surface area contributed by atoms with Crippen molar-refractivity contribution >= 4 is 15.9 Å². The van der Waals surface area contributed by atoms with Gasteiger partial charge in [0.2, 0.25) is 0 Å². The van der Waals surface area contributed by atoms with E-state index < -0.39 is 0 Å². The summed E-state index contributed by atoms with van der Waals surface area (Å²) in [6.45, 7) is 0. The van der Waals surface area contributed by atoms with Crippen molar-refractivity contribution in [2.45, 2.75) is 0 Å². The van der Waals surface area contributed by atoms with Crippen LogP contribution in [0.4, 0.5) is 0 Å². The lowest BCUT2D eigenvalue weighted by molar-refractivity contribution is 0.414. The van der Waals surface area contributed by atoms with Gasteiger partial charge < -0.3 is 9.47 Å². The van der Waals surface area contributed by atoms with Crippen molar-refractivity contribution in [1.82, 2.24) is 9.78 Å². The fourth-order valence-electron chi connectivity index (χ4n) is 2.49. The number of halogens is 1. The highest BCUT2D eigenvalue weighted by Crippen LogP contribution is 2.37. The van der Waals surface area contributed by atoms with E-state index in [0.29, 0.717) is 0 Å². The minimum Gasteiger partial charge on any atom is -0.497 e. The van der Waals surface area contributed by atoms with Gasteiger partial charge >= 0.3 is 0 Å². The molecule has 1 heterocycles. The van der Waals surface area contributed by atoms with E-state index in [9.17, 15) is 0 Å². The lowest BCUT2D eigenvalue weighted by Gasteiger charge is -2.05. The van der Waals surface area contributed by atoms with Crippen LogP contribution >= 0.6 is 15.9 Å². The lowest BCUT2D eigenvalue weighted by atomic mass is 10.1. The van der Waals surface area contributed by atoms with Crippen LogP contribution in [-0.2, 0) is 7.05 Å². The van der Waals surface area contributed by atoms with Crippen LogP contribution in [0.25, 0.3) is 22.5 Å². The van der Waals surface area contributed by atoms with Crippen LogP contribution in [0.2, 0.25) is 0 Å². The SMILES string of the molecule is COc1ccc(-c2nn(C)c(-c3ccc(OC)cc3)c2Br)cc1. The summed E-state index contributed by atoms with van der Waals surface area (Å²) in [6.07, 6.45) is 0. The zero-order chi connectivity index (χ0) is 16.4. The Bertz CT molecular complexity index is 808. The second kappa shape index (κ2) is 6.46. The lowest BCUT2D eigenvalue weighted by Crippen LogP contribution is -1.94. The molecule has 0 radical (unpaired) electrons. The Hall–Kier alpha value is -2.27. The Morgan fingerprint density at radius 1 is 0.826 bits per heavy atom. The first-order valence-electron chi connectivity index (χ1n) is 7.15. The van der Waals surface area contributed by atoms with Crippen LogP contribution in [0.5, 0.6) is 11.5 Å². The van der Waals surface area contributed by atoms with Gasteiger partial charge in [-0.2, -0.15) is 5.10 Å². The van der Waals surface area contributed by atoms with Crippen LogP contribution < -0.4 is 9.47 Å². The quantitative estimate of drug-likeness (QED) is 0.674. The minimum atomic E-state index is 0.830. The molecule has 0 aliphatic carbocycles. The monoisotopic (exact) mass is 372 g/mol. The molecule has 0 aliphatic rings. The second-order valence-electron chi connectivity index (χ2n) is 5.09. The van der Waals surface area contributed by atoms with Gasteiger partial charge in [-0.25, -0.2) is 0 Å². The number of ether oxygens (including phenoxy) is 2. The number of aromatic nitrogens is 2. The van der Waals surface area contributed by atoms with E-state index in [-0.39, 0.29) is 0 Å². The molecule has 0 N–H and O–H groups in total. The highest BCUT2D eigenvalue weighted by Gasteiger charge is 2.17. The first-order valence-corrected chi connectivity index (χ1v) is 7.94. The number of rotatable bonds is 4. The topological polar surface area (TPSA) is 36.3 Å². The predicted octanol–water partition coefficient (Wildman–Crippen LogP) is 4.53. The molecule has 3 rings (SSSR count). The van der Waals surface area contributed by atoms with Crippen molar-refractivity contribution in [3.8, 4) is 34.0 Å². The maximum Gasteiger partial charge on any atom is 0.118 e. The molecule has 3 aromatic rings. The van der Waals surface area contributed by atoms with E-state index >= 15 is 0 Å². The Balaban J connectivity index is 2.04. The van der Waals surface area contributed by atoms with Crippen molar-refractivity contribution in [2.75, 3.05) is 14.2 Å². The zero-order valence-corrected chi connectivity index (χ0v) is 14.8. The Labute approximate surface area is 143 Å². The van der Waals surface area contributed by atoms with Gasteiger partial charge in [0.1, 0.15) is 17.2 Å². The average molecular weight is 373 g/mol. The second-order valence-corrected chi connectivity index (χ2v) is 5.88. The number of benzene rings is 2. The molecule has 0 unspecified atom stereocenters. The fourth-order valence-corrected chi connectivity index (χ4v) is 3.29. The van der Waals surface area contributed by atoms with Crippen molar-refractivity contribution in [3.05, 3.63) is 53.0 Å². The molecule has 1 aromatic heterocycles. The van der Waals surface area contributed by atoms with E-state index in [4.69, 9.17) is 9.47 Å². The van der Waals surface area contributed by atoms with Crippen molar-refractivity contribution in [2.24, 2.45) is 7.05 Å². The third-order valence-electron chi connectivity index (χ3n) is 3.72.